The average Bonchev–Trinajstić information content (AvgIpc) is 2.41. The summed E-state index contributed by atoms with van der Waals surface area (Å²) in [6.07, 6.45) is 0.832. The summed E-state index contributed by atoms with van der Waals surface area (Å²) in [5.74, 6) is 1.95. The van der Waals surface area contributed by atoms with Gasteiger partial charge in [-0.25, -0.2) is 9.97 Å². The molecule has 1 aromatic rings. The molecule has 2 fully saturated rings. The van der Waals surface area contributed by atoms with E-state index in [-0.39, 0.29) is 11.8 Å². The number of hydrogen-bond acceptors (Lipinski definition) is 5. The van der Waals surface area contributed by atoms with E-state index in [1.54, 1.807) is 0 Å². The first-order chi connectivity index (χ1) is 10.5. The summed E-state index contributed by atoms with van der Waals surface area (Å²) in [6.45, 7) is 9.29. The number of rotatable bonds is 2. The third-order valence-corrected chi connectivity index (χ3v) is 4.96. The molecule has 4 rings (SSSR count). The van der Waals surface area contributed by atoms with Crippen LogP contribution >= 0.6 is 0 Å². The van der Waals surface area contributed by atoms with Gasteiger partial charge >= 0.3 is 0 Å². The monoisotopic (exact) mass is 301 g/mol. The number of carbonyl (C=O) groups excluding carboxylic acids is 1. The van der Waals surface area contributed by atoms with E-state index in [0.29, 0.717) is 17.7 Å². The lowest BCUT2D eigenvalue weighted by Crippen LogP contribution is -2.71. The molecule has 1 spiro atoms. The number of anilines is 1. The third kappa shape index (κ3) is 2.00. The van der Waals surface area contributed by atoms with Crippen molar-refractivity contribution in [3.8, 4) is 0 Å². The highest BCUT2D eigenvalue weighted by Gasteiger charge is 2.51. The van der Waals surface area contributed by atoms with Crippen LogP contribution in [0.25, 0.3) is 0 Å². The first kappa shape index (κ1) is 13.9. The minimum atomic E-state index is -0.0505. The van der Waals surface area contributed by atoms with E-state index in [2.05, 4.69) is 41.0 Å². The quantitative estimate of drug-likeness (QED) is 0.868. The van der Waals surface area contributed by atoms with E-state index in [1.807, 2.05) is 0 Å². The summed E-state index contributed by atoms with van der Waals surface area (Å²) in [5.41, 5.74) is 2.09. The number of amides is 1. The molecular weight excluding hydrogens is 278 g/mol. The number of likely N-dealkylation sites (tertiary alicyclic amines) is 1. The van der Waals surface area contributed by atoms with Crippen LogP contribution in [-0.2, 0) is 6.42 Å². The van der Waals surface area contributed by atoms with E-state index in [1.165, 1.54) is 13.1 Å². The largest absolute Gasteiger partial charge is 0.355 e. The summed E-state index contributed by atoms with van der Waals surface area (Å²) >= 11 is 0. The molecule has 0 atom stereocenters. The zero-order valence-electron chi connectivity index (χ0n) is 13.5. The summed E-state index contributed by atoms with van der Waals surface area (Å²) < 4.78 is 0. The van der Waals surface area contributed by atoms with Gasteiger partial charge in [0.2, 0.25) is 0 Å². The van der Waals surface area contributed by atoms with Crippen LogP contribution in [0.15, 0.2) is 0 Å². The van der Waals surface area contributed by atoms with Crippen LogP contribution in [0.3, 0.4) is 0 Å². The SMILES string of the molecule is CC(C)c1nc2c(c(N3CC4(CN(C)C4)C3)n1)CCNC2=O. The highest BCUT2D eigenvalue weighted by atomic mass is 16.1. The van der Waals surface area contributed by atoms with Crippen molar-refractivity contribution in [2.75, 3.05) is 44.7 Å². The molecular formula is C16H23N5O. The van der Waals surface area contributed by atoms with Crippen LogP contribution in [0.2, 0.25) is 0 Å². The maximum atomic E-state index is 12.2. The minimum Gasteiger partial charge on any atom is -0.355 e. The molecule has 118 valence electrons. The second-order valence-corrected chi connectivity index (χ2v) is 7.42. The molecule has 0 bridgehead atoms. The Kier molecular flexibility index (Phi) is 2.95. The number of fused-ring (bicyclic) bond motifs is 1. The Morgan fingerprint density at radius 1 is 1.18 bits per heavy atom. The zero-order chi connectivity index (χ0) is 15.5. The van der Waals surface area contributed by atoms with Gasteiger partial charge in [0.1, 0.15) is 17.3 Å². The van der Waals surface area contributed by atoms with E-state index in [9.17, 15) is 4.79 Å². The molecule has 0 radical (unpaired) electrons. The number of hydrogen-bond donors (Lipinski definition) is 1. The maximum Gasteiger partial charge on any atom is 0.270 e. The smallest absolute Gasteiger partial charge is 0.270 e. The lowest BCUT2D eigenvalue weighted by atomic mass is 9.73. The second kappa shape index (κ2) is 4.65. The third-order valence-electron chi connectivity index (χ3n) is 4.96. The van der Waals surface area contributed by atoms with E-state index in [4.69, 9.17) is 4.98 Å². The molecule has 3 aliphatic rings. The molecule has 2 saturated heterocycles. The molecule has 1 N–H and O–H groups in total. The number of carbonyl (C=O) groups is 1. The van der Waals surface area contributed by atoms with Crippen molar-refractivity contribution >= 4 is 11.7 Å². The molecule has 0 unspecified atom stereocenters. The molecule has 1 aromatic heterocycles. The van der Waals surface area contributed by atoms with Crippen LogP contribution in [0.4, 0.5) is 5.82 Å². The second-order valence-electron chi connectivity index (χ2n) is 7.42. The van der Waals surface area contributed by atoms with E-state index < -0.39 is 0 Å². The Morgan fingerprint density at radius 2 is 1.91 bits per heavy atom. The topological polar surface area (TPSA) is 61.4 Å². The first-order valence-corrected chi connectivity index (χ1v) is 8.10. The van der Waals surface area contributed by atoms with Gasteiger partial charge in [-0.1, -0.05) is 13.8 Å². The van der Waals surface area contributed by atoms with Gasteiger partial charge in [-0.15, -0.1) is 0 Å². The van der Waals surface area contributed by atoms with Gasteiger partial charge in [-0.2, -0.15) is 0 Å². The Morgan fingerprint density at radius 3 is 2.55 bits per heavy atom. The van der Waals surface area contributed by atoms with Crippen LogP contribution in [0.1, 0.15) is 41.6 Å². The molecule has 4 heterocycles. The van der Waals surface area contributed by atoms with Crippen LogP contribution < -0.4 is 10.2 Å². The number of nitrogens with one attached hydrogen (secondary N) is 1. The summed E-state index contributed by atoms with van der Waals surface area (Å²) in [7, 11) is 2.17. The standard InChI is InChI=1S/C16H23N5O/c1-10(2)13-18-12-11(4-5-17-15(12)22)14(19-13)21-8-16(9-21)6-20(3)7-16/h10H,4-9H2,1-3H3,(H,17,22). The summed E-state index contributed by atoms with van der Waals surface area (Å²) in [5, 5.41) is 2.90. The highest BCUT2D eigenvalue weighted by molar-refractivity contribution is 5.96. The van der Waals surface area contributed by atoms with Gasteiger partial charge in [0.15, 0.2) is 0 Å². The normalized spacial score (nSPS) is 23.1. The van der Waals surface area contributed by atoms with Gasteiger partial charge in [0, 0.05) is 49.6 Å². The summed E-state index contributed by atoms with van der Waals surface area (Å²) in [4.78, 5) is 26.2. The number of nitrogens with zero attached hydrogens (tertiary/aromatic N) is 4. The predicted molar refractivity (Wildman–Crippen MR) is 84.3 cm³/mol. The molecule has 22 heavy (non-hydrogen) atoms. The number of aromatic nitrogens is 2. The molecule has 0 aliphatic carbocycles. The van der Waals surface area contributed by atoms with E-state index in [0.717, 1.165) is 36.7 Å². The van der Waals surface area contributed by atoms with Crippen molar-refractivity contribution < 1.29 is 4.79 Å². The summed E-state index contributed by atoms with van der Waals surface area (Å²) in [6, 6.07) is 0. The lowest BCUT2D eigenvalue weighted by Gasteiger charge is -2.60. The molecule has 3 aliphatic heterocycles. The fourth-order valence-electron chi connectivity index (χ4n) is 4.02. The Labute approximate surface area is 130 Å². The average molecular weight is 301 g/mol. The van der Waals surface area contributed by atoms with Crippen molar-refractivity contribution in [2.45, 2.75) is 26.2 Å². The van der Waals surface area contributed by atoms with Crippen LogP contribution in [0, 0.1) is 5.41 Å². The Balaban J connectivity index is 1.68. The van der Waals surface area contributed by atoms with Crippen LogP contribution in [-0.4, -0.2) is 60.5 Å². The zero-order valence-corrected chi connectivity index (χ0v) is 13.5. The fourth-order valence-corrected chi connectivity index (χ4v) is 4.02. The van der Waals surface area contributed by atoms with Gasteiger partial charge in [0.05, 0.1) is 0 Å². The minimum absolute atomic E-state index is 0.0505. The molecule has 0 aromatic carbocycles. The highest BCUT2D eigenvalue weighted by Crippen LogP contribution is 2.42. The van der Waals surface area contributed by atoms with Gasteiger partial charge in [-0.05, 0) is 13.5 Å². The molecule has 6 nitrogen and oxygen atoms in total. The van der Waals surface area contributed by atoms with Crippen molar-refractivity contribution in [3.63, 3.8) is 0 Å². The van der Waals surface area contributed by atoms with Crippen molar-refractivity contribution in [1.82, 2.24) is 20.2 Å². The molecule has 1 amide bonds. The fraction of sp³-hybridized carbons (Fsp3) is 0.688. The lowest BCUT2D eigenvalue weighted by molar-refractivity contribution is -0.00293. The molecule has 0 saturated carbocycles. The Hall–Kier alpha value is -1.69. The molecule has 6 heteroatoms. The van der Waals surface area contributed by atoms with Gasteiger partial charge < -0.3 is 15.1 Å². The predicted octanol–water partition coefficient (Wildman–Crippen LogP) is 0.638. The van der Waals surface area contributed by atoms with Gasteiger partial charge in [0.25, 0.3) is 5.91 Å². The van der Waals surface area contributed by atoms with E-state index >= 15 is 0 Å². The van der Waals surface area contributed by atoms with Crippen molar-refractivity contribution in [2.24, 2.45) is 5.41 Å². The van der Waals surface area contributed by atoms with Crippen LogP contribution in [0.5, 0.6) is 0 Å². The maximum absolute atomic E-state index is 12.2. The first-order valence-electron chi connectivity index (χ1n) is 8.10. The van der Waals surface area contributed by atoms with Crippen molar-refractivity contribution in [1.29, 1.82) is 0 Å². The van der Waals surface area contributed by atoms with Gasteiger partial charge in [-0.3, -0.25) is 4.79 Å². The van der Waals surface area contributed by atoms with Crippen molar-refractivity contribution in [3.05, 3.63) is 17.1 Å². The Bertz CT molecular complexity index is 628.